The fraction of sp³-hybridized carbons (Fsp3) is 0.188. The summed E-state index contributed by atoms with van der Waals surface area (Å²) >= 11 is 1.01. The number of sulfonamides is 1. The molecule has 148 valence electrons. The third kappa shape index (κ3) is 4.64. The predicted octanol–water partition coefficient (Wildman–Crippen LogP) is 3.14. The van der Waals surface area contributed by atoms with Gasteiger partial charge < -0.3 is 5.32 Å². The Balaban J connectivity index is 1.87. The van der Waals surface area contributed by atoms with E-state index in [1.807, 2.05) is 0 Å². The smallest absolute Gasteiger partial charge is 0.365 e. The van der Waals surface area contributed by atoms with E-state index in [-0.39, 0.29) is 22.4 Å². The average Bonchev–Trinajstić information content (AvgIpc) is 3.16. The van der Waals surface area contributed by atoms with Crippen LogP contribution in [-0.2, 0) is 22.7 Å². The number of nitrogens with one attached hydrogen (secondary N) is 2. The summed E-state index contributed by atoms with van der Waals surface area (Å²) in [6.07, 6.45) is -1.78. The molecular weight excluding hydrogens is 415 g/mol. The third-order valence-electron chi connectivity index (χ3n) is 3.57. The molecule has 3 rings (SSSR count). The van der Waals surface area contributed by atoms with Crippen LogP contribution in [0, 0.1) is 0 Å². The van der Waals surface area contributed by atoms with Crippen LogP contribution in [0.25, 0.3) is 11.4 Å². The summed E-state index contributed by atoms with van der Waals surface area (Å²) in [7, 11) is -2.27. The minimum atomic E-state index is -4.64. The lowest BCUT2D eigenvalue weighted by atomic mass is 10.2. The van der Waals surface area contributed by atoms with Gasteiger partial charge in [-0.2, -0.15) is 13.2 Å². The van der Waals surface area contributed by atoms with Crippen molar-refractivity contribution in [1.29, 1.82) is 0 Å². The Hall–Kier alpha value is -2.57. The molecule has 3 aromatic heterocycles. The first-order chi connectivity index (χ1) is 13.2. The molecule has 28 heavy (non-hydrogen) atoms. The van der Waals surface area contributed by atoms with Crippen molar-refractivity contribution in [2.75, 3.05) is 12.4 Å². The van der Waals surface area contributed by atoms with Crippen LogP contribution in [-0.4, -0.2) is 30.4 Å². The number of pyridine rings is 1. The fourth-order valence-corrected chi connectivity index (χ4v) is 4.32. The largest absolute Gasteiger partial charge is 0.433 e. The van der Waals surface area contributed by atoms with E-state index < -0.39 is 21.9 Å². The maximum absolute atomic E-state index is 13.2. The zero-order valence-electron chi connectivity index (χ0n) is 14.4. The first-order valence-electron chi connectivity index (χ1n) is 7.82. The molecule has 0 aliphatic heterocycles. The van der Waals surface area contributed by atoms with Gasteiger partial charge in [0.15, 0.2) is 11.5 Å². The lowest BCUT2D eigenvalue weighted by molar-refractivity contribution is -0.141. The van der Waals surface area contributed by atoms with Crippen LogP contribution in [0.1, 0.15) is 10.6 Å². The molecule has 0 aliphatic rings. The summed E-state index contributed by atoms with van der Waals surface area (Å²) in [6.45, 7) is 0.105. The first-order valence-corrected chi connectivity index (χ1v) is 10.1. The minimum Gasteiger partial charge on any atom is -0.365 e. The fourth-order valence-electron chi connectivity index (χ4n) is 2.19. The van der Waals surface area contributed by atoms with E-state index in [4.69, 9.17) is 0 Å². The van der Waals surface area contributed by atoms with Gasteiger partial charge in [-0.1, -0.05) is 0 Å². The molecule has 0 spiro atoms. The van der Waals surface area contributed by atoms with Crippen LogP contribution in [0.5, 0.6) is 0 Å². The van der Waals surface area contributed by atoms with Gasteiger partial charge in [0.25, 0.3) is 0 Å². The number of halogens is 3. The molecule has 0 radical (unpaired) electrons. The van der Waals surface area contributed by atoms with Crippen molar-refractivity contribution in [2.45, 2.75) is 16.9 Å². The topological polar surface area (TPSA) is 96.9 Å². The summed E-state index contributed by atoms with van der Waals surface area (Å²) in [4.78, 5) is 12.2. The highest BCUT2D eigenvalue weighted by Gasteiger charge is 2.33. The van der Waals surface area contributed by atoms with Gasteiger partial charge in [-0.05, 0) is 31.3 Å². The molecule has 3 heterocycles. The maximum atomic E-state index is 13.2. The lowest BCUT2D eigenvalue weighted by Crippen LogP contribution is -2.17. The molecule has 0 amide bonds. The van der Waals surface area contributed by atoms with Gasteiger partial charge in [0.05, 0.1) is 6.54 Å². The SMILES string of the molecule is CNS(=O)(=O)c1ccc(CNc2cc(C(F)(F)F)nc(-c3ccncc3)n2)s1. The Morgan fingerprint density at radius 1 is 1.11 bits per heavy atom. The van der Waals surface area contributed by atoms with Crippen molar-refractivity contribution in [1.82, 2.24) is 19.7 Å². The van der Waals surface area contributed by atoms with Crippen LogP contribution >= 0.6 is 11.3 Å². The summed E-state index contributed by atoms with van der Waals surface area (Å²) in [5.41, 5.74) is -0.691. The molecule has 0 unspecified atom stereocenters. The van der Waals surface area contributed by atoms with E-state index in [0.29, 0.717) is 10.4 Å². The Labute approximate surface area is 162 Å². The van der Waals surface area contributed by atoms with Crippen LogP contribution in [0.4, 0.5) is 19.0 Å². The molecule has 12 heteroatoms. The second kappa shape index (κ2) is 7.81. The van der Waals surface area contributed by atoms with E-state index in [1.54, 1.807) is 6.07 Å². The summed E-state index contributed by atoms with van der Waals surface area (Å²) < 4.78 is 65.5. The van der Waals surface area contributed by atoms with Gasteiger partial charge in [-0.25, -0.2) is 23.1 Å². The highest BCUT2D eigenvalue weighted by atomic mass is 32.2. The summed E-state index contributed by atoms with van der Waals surface area (Å²) in [5, 5.41) is 2.79. The quantitative estimate of drug-likeness (QED) is 0.625. The van der Waals surface area contributed by atoms with Crippen LogP contribution in [0.3, 0.4) is 0 Å². The number of hydrogen-bond donors (Lipinski definition) is 2. The van der Waals surface area contributed by atoms with Gasteiger partial charge in [0.2, 0.25) is 10.0 Å². The molecule has 0 saturated heterocycles. The van der Waals surface area contributed by atoms with Crippen molar-refractivity contribution in [3.05, 3.63) is 53.3 Å². The summed E-state index contributed by atoms with van der Waals surface area (Å²) in [6, 6.07) is 6.83. The zero-order valence-corrected chi connectivity index (χ0v) is 16.0. The van der Waals surface area contributed by atoms with Crippen molar-refractivity contribution in [3.8, 4) is 11.4 Å². The van der Waals surface area contributed by atoms with Gasteiger partial charge in [-0.15, -0.1) is 11.3 Å². The average molecular weight is 429 g/mol. The van der Waals surface area contributed by atoms with Crippen LogP contribution in [0.15, 0.2) is 46.9 Å². The molecule has 0 bridgehead atoms. The van der Waals surface area contributed by atoms with Gasteiger partial charge in [-0.3, -0.25) is 4.98 Å². The van der Waals surface area contributed by atoms with E-state index >= 15 is 0 Å². The second-order valence-corrected chi connectivity index (χ2v) is 8.76. The number of alkyl halides is 3. The molecule has 0 aliphatic carbocycles. The normalized spacial score (nSPS) is 12.1. The maximum Gasteiger partial charge on any atom is 0.433 e. The number of thiophene rings is 1. The minimum absolute atomic E-state index is 0.0273. The molecule has 0 saturated carbocycles. The molecule has 7 nitrogen and oxygen atoms in total. The summed E-state index contributed by atoms with van der Waals surface area (Å²) in [5.74, 6) is -0.120. The Morgan fingerprint density at radius 2 is 1.82 bits per heavy atom. The first kappa shape index (κ1) is 20.2. The number of aromatic nitrogens is 3. The number of rotatable bonds is 6. The number of hydrogen-bond acceptors (Lipinski definition) is 7. The van der Waals surface area contributed by atoms with Gasteiger partial charge in [0.1, 0.15) is 10.0 Å². The Bertz CT molecular complexity index is 1070. The number of nitrogens with zero attached hydrogens (tertiary/aromatic N) is 3. The van der Waals surface area contributed by atoms with Crippen molar-refractivity contribution in [3.63, 3.8) is 0 Å². The molecule has 3 aromatic rings. The van der Waals surface area contributed by atoms with Crippen molar-refractivity contribution in [2.24, 2.45) is 0 Å². The monoisotopic (exact) mass is 429 g/mol. The second-order valence-electron chi connectivity index (χ2n) is 5.48. The zero-order chi connectivity index (χ0) is 20.4. The Morgan fingerprint density at radius 3 is 2.46 bits per heavy atom. The highest BCUT2D eigenvalue weighted by Crippen LogP contribution is 2.31. The van der Waals surface area contributed by atoms with Crippen LogP contribution in [0.2, 0.25) is 0 Å². The molecular formula is C16H14F3N5O2S2. The molecule has 2 N–H and O–H groups in total. The van der Waals surface area contributed by atoms with Gasteiger partial charge >= 0.3 is 6.18 Å². The van der Waals surface area contributed by atoms with E-state index in [2.05, 4.69) is 25.0 Å². The molecule has 0 fully saturated rings. The van der Waals surface area contributed by atoms with E-state index in [0.717, 1.165) is 17.4 Å². The highest BCUT2D eigenvalue weighted by molar-refractivity contribution is 7.91. The standard InChI is InChI=1S/C16H14F3N5O2S2/c1-20-28(25,26)14-3-2-11(27-14)9-22-13-8-12(16(17,18)19)23-15(24-13)10-4-6-21-7-5-10/h2-8,20H,9H2,1H3,(H,22,23,24). The molecule has 0 atom stereocenters. The molecule has 0 aromatic carbocycles. The van der Waals surface area contributed by atoms with E-state index in [9.17, 15) is 21.6 Å². The predicted molar refractivity (Wildman–Crippen MR) is 98.2 cm³/mol. The van der Waals surface area contributed by atoms with Crippen molar-refractivity contribution < 1.29 is 21.6 Å². The number of anilines is 1. The lowest BCUT2D eigenvalue weighted by Gasteiger charge is -2.11. The van der Waals surface area contributed by atoms with Gasteiger partial charge in [0, 0.05) is 28.9 Å². The van der Waals surface area contributed by atoms with E-state index in [1.165, 1.54) is 37.6 Å². The Kier molecular flexibility index (Phi) is 5.63. The van der Waals surface area contributed by atoms with Crippen LogP contribution < -0.4 is 10.0 Å². The van der Waals surface area contributed by atoms with Crippen molar-refractivity contribution >= 4 is 27.2 Å². The third-order valence-corrected chi connectivity index (χ3v) is 6.56.